The number of likely N-dealkylation sites (N-methyl/N-ethyl adjacent to an activating group) is 1. The first-order valence-corrected chi connectivity index (χ1v) is 9.01. The van der Waals surface area contributed by atoms with Gasteiger partial charge in [-0.3, -0.25) is 9.69 Å². The number of hydrogen-bond acceptors (Lipinski definition) is 5. The highest BCUT2D eigenvalue weighted by Crippen LogP contribution is 2.36. The Balaban J connectivity index is 1.45. The number of likely N-dealkylation sites (tertiary alicyclic amines) is 1. The van der Waals surface area contributed by atoms with Crippen LogP contribution in [0.4, 0.5) is 0 Å². The van der Waals surface area contributed by atoms with Crippen LogP contribution in [0.15, 0.2) is 12.1 Å². The van der Waals surface area contributed by atoms with Crippen LogP contribution >= 0.6 is 11.3 Å². The molecule has 0 bridgehead atoms. The molecule has 1 atom stereocenters. The van der Waals surface area contributed by atoms with Gasteiger partial charge in [0, 0.05) is 56.5 Å². The third-order valence-electron chi connectivity index (χ3n) is 4.59. The molecule has 0 saturated carbocycles. The monoisotopic (exact) mass is 338 g/mol. The average Bonchev–Trinajstić information content (AvgIpc) is 2.88. The third-order valence-corrected chi connectivity index (χ3v) is 5.57. The van der Waals surface area contributed by atoms with Gasteiger partial charge in [-0.05, 0) is 25.5 Å². The summed E-state index contributed by atoms with van der Waals surface area (Å²) in [6, 6.07) is 4.39. The van der Waals surface area contributed by atoms with Crippen LogP contribution in [0.1, 0.15) is 22.6 Å². The lowest BCUT2D eigenvalue weighted by atomic mass is 9.84. The summed E-state index contributed by atoms with van der Waals surface area (Å²) in [7, 11) is 3.51. The van der Waals surface area contributed by atoms with Crippen molar-refractivity contribution in [3.05, 3.63) is 21.9 Å². The fraction of sp³-hybridized carbons (Fsp3) is 0.706. The van der Waals surface area contributed by atoms with Crippen molar-refractivity contribution >= 4 is 17.2 Å². The summed E-state index contributed by atoms with van der Waals surface area (Å²) in [5.41, 5.74) is -0.0591. The highest BCUT2D eigenvalue weighted by atomic mass is 32.1. The number of carbonyl (C=O) groups excluding carboxylic acids is 1. The normalized spacial score (nSPS) is 23.7. The second-order valence-corrected chi connectivity index (χ2v) is 8.28. The highest BCUT2D eigenvalue weighted by Gasteiger charge is 2.47. The molecular weight excluding hydrogens is 312 g/mol. The van der Waals surface area contributed by atoms with Crippen molar-refractivity contribution in [1.82, 2.24) is 9.80 Å². The lowest BCUT2D eigenvalue weighted by Gasteiger charge is -2.53. The number of ether oxygens (including phenoxy) is 2. The molecule has 0 aliphatic carbocycles. The van der Waals surface area contributed by atoms with Crippen molar-refractivity contribution in [3.8, 4) is 0 Å². The van der Waals surface area contributed by atoms with Gasteiger partial charge >= 0.3 is 0 Å². The van der Waals surface area contributed by atoms with Crippen LogP contribution in [0, 0.1) is 6.92 Å². The van der Waals surface area contributed by atoms with Crippen LogP contribution in [0.3, 0.4) is 0 Å². The Morgan fingerprint density at radius 1 is 1.48 bits per heavy atom. The minimum absolute atomic E-state index is 0.0221. The Morgan fingerprint density at radius 3 is 2.91 bits per heavy atom. The van der Waals surface area contributed by atoms with E-state index >= 15 is 0 Å². The Bertz CT molecular complexity index is 552. The quantitative estimate of drug-likeness (QED) is 0.822. The predicted molar refractivity (Wildman–Crippen MR) is 90.7 cm³/mol. The number of amides is 1. The molecule has 0 unspecified atom stereocenters. The molecule has 1 aromatic rings. The lowest BCUT2D eigenvalue weighted by Crippen LogP contribution is -2.65. The van der Waals surface area contributed by atoms with Crippen molar-refractivity contribution in [2.24, 2.45) is 0 Å². The van der Waals surface area contributed by atoms with E-state index in [2.05, 4.69) is 24.0 Å². The SMILES string of the molecule is Cc1ccc(CN2CC3(C[C@H](OCC(=O)N(C)C)CCO3)C2)s1. The summed E-state index contributed by atoms with van der Waals surface area (Å²) in [6.07, 6.45) is 1.92. The number of aryl methyl sites for hydroxylation is 1. The largest absolute Gasteiger partial charge is 0.372 e. The summed E-state index contributed by atoms with van der Waals surface area (Å²) in [5, 5.41) is 0. The standard InChI is InChI=1S/C17H26N2O3S/c1-13-4-5-15(23-13)9-19-11-17(12-19)8-14(6-7-22-17)21-10-16(20)18(2)3/h4-5,14H,6-12H2,1-3H3/t14-/m1/s1. The third kappa shape index (κ3) is 4.12. The molecule has 3 rings (SSSR count). The molecule has 3 heterocycles. The zero-order valence-electron chi connectivity index (χ0n) is 14.2. The topological polar surface area (TPSA) is 42.0 Å². The summed E-state index contributed by atoms with van der Waals surface area (Å²) < 4.78 is 11.9. The zero-order valence-corrected chi connectivity index (χ0v) is 15.0. The van der Waals surface area contributed by atoms with Crippen LogP contribution < -0.4 is 0 Å². The second-order valence-electron chi connectivity index (χ2n) is 6.90. The summed E-state index contributed by atoms with van der Waals surface area (Å²) in [4.78, 5) is 18.4. The number of hydrogen-bond donors (Lipinski definition) is 0. The first kappa shape index (κ1) is 16.9. The molecule has 0 radical (unpaired) electrons. The van der Waals surface area contributed by atoms with Gasteiger partial charge in [0.2, 0.25) is 5.91 Å². The number of nitrogens with zero attached hydrogens (tertiary/aromatic N) is 2. The first-order valence-electron chi connectivity index (χ1n) is 8.19. The van der Waals surface area contributed by atoms with Gasteiger partial charge in [0.15, 0.2) is 0 Å². The molecule has 2 aliphatic heterocycles. The van der Waals surface area contributed by atoms with E-state index in [-0.39, 0.29) is 24.2 Å². The number of carbonyl (C=O) groups is 1. The number of thiophene rings is 1. The van der Waals surface area contributed by atoms with E-state index < -0.39 is 0 Å². The maximum absolute atomic E-state index is 11.7. The molecule has 2 saturated heterocycles. The van der Waals surface area contributed by atoms with Gasteiger partial charge < -0.3 is 14.4 Å². The first-order chi connectivity index (χ1) is 11.0. The Labute approximate surface area is 142 Å². The molecule has 2 fully saturated rings. The average molecular weight is 338 g/mol. The van der Waals surface area contributed by atoms with Crippen LogP contribution in [-0.4, -0.2) is 67.8 Å². The zero-order chi connectivity index (χ0) is 16.4. The molecule has 128 valence electrons. The fourth-order valence-electron chi connectivity index (χ4n) is 3.33. The lowest BCUT2D eigenvalue weighted by molar-refractivity contribution is -0.199. The van der Waals surface area contributed by atoms with Crippen LogP contribution in [-0.2, 0) is 20.8 Å². The van der Waals surface area contributed by atoms with Gasteiger partial charge in [-0.2, -0.15) is 0 Å². The van der Waals surface area contributed by atoms with E-state index in [1.165, 1.54) is 9.75 Å². The Morgan fingerprint density at radius 2 is 2.26 bits per heavy atom. The van der Waals surface area contributed by atoms with Crippen LogP contribution in [0.2, 0.25) is 0 Å². The molecular formula is C17H26N2O3S. The van der Waals surface area contributed by atoms with Gasteiger partial charge in [0.1, 0.15) is 6.61 Å². The molecule has 0 N–H and O–H groups in total. The van der Waals surface area contributed by atoms with E-state index in [4.69, 9.17) is 9.47 Å². The maximum atomic E-state index is 11.7. The van der Waals surface area contributed by atoms with Gasteiger partial charge in [-0.15, -0.1) is 11.3 Å². The summed E-state index contributed by atoms with van der Waals surface area (Å²) in [5.74, 6) is 0.0221. The van der Waals surface area contributed by atoms with Gasteiger partial charge in [0.05, 0.1) is 11.7 Å². The van der Waals surface area contributed by atoms with Crippen molar-refractivity contribution in [2.45, 2.75) is 38.0 Å². The van der Waals surface area contributed by atoms with E-state index in [0.29, 0.717) is 0 Å². The molecule has 0 aromatic carbocycles. The molecule has 2 aliphatic rings. The van der Waals surface area contributed by atoms with Crippen molar-refractivity contribution in [2.75, 3.05) is 40.4 Å². The van der Waals surface area contributed by atoms with E-state index in [1.54, 1.807) is 19.0 Å². The van der Waals surface area contributed by atoms with Crippen LogP contribution in [0.5, 0.6) is 0 Å². The summed E-state index contributed by atoms with van der Waals surface area (Å²) >= 11 is 1.87. The van der Waals surface area contributed by atoms with E-state index in [9.17, 15) is 4.79 Å². The molecule has 5 nitrogen and oxygen atoms in total. The van der Waals surface area contributed by atoms with E-state index in [1.807, 2.05) is 11.3 Å². The molecule has 1 aromatic heterocycles. The molecule has 1 spiro atoms. The van der Waals surface area contributed by atoms with Crippen molar-refractivity contribution in [1.29, 1.82) is 0 Å². The maximum Gasteiger partial charge on any atom is 0.248 e. The summed E-state index contributed by atoms with van der Waals surface area (Å²) in [6.45, 7) is 5.98. The van der Waals surface area contributed by atoms with Crippen molar-refractivity contribution < 1.29 is 14.3 Å². The molecule has 23 heavy (non-hydrogen) atoms. The number of rotatable bonds is 5. The van der Waals surface area contributed by atoms with Gasteiger partial charge in [-0.1, -0.05) is 0 Å². The smallest absolute Gasteiger partial charge is 0.248 e. The predicted octanol–water partition coefficient (Wildman–Crippen LogP) is 1.89. The molecule has 6 heteroatoms. The van der Waals surface area contributed by atoms with Crippen molar-refractivity contribution in [3.63, 3.8) is 0 Å². The van der Waals surface area contributed by atoms with Gasteiger partial charge in [0.25, 0.3) is 0 Å². The Kier molecular flexibility index (Phi) is 5.06. The highest BCUT2D eigenvalue weighted by molar-refractivity contribution is 7.11. The Hall–Kier alpha value is -0.950. The minimum Gasteiger partial charge on any atom is -0.372 e. The fourth-order valence-corrected chi connectivity index (χ4v) is 4.27. The second kappa shape index (κ2) is 6.89. The molecule has 1 amide bonds. The van der Waals surface area contributed by atoms with Crippen LogP contribution in [0.25, 0.3) is 0 Å². The minimum atomic E-state index is -0.0591. The van der Waals surface area contributed by atoms with E-state index in [0.717, 1.165) is 39.1 Å². The van der Waals surface area contributed by atoms with Gasteiger partial charge in [-0.25, -0.2) is 0 Å².